The highest BCUT2D eigenvalue weighted by Crippen LogP contribution is 2.68. The van der Waals surface area contributed by atoms with Gasteiger partial charge in [-0.05, 0) is 43.6 Å². The molecular formula is C36H54O10. The number of hydrogen-bond acceptors (Lipinski definition) is 10. The number of carbonyl (C=O) groups is 4. The Bertz CT molecular complexity index is 1190. The molecular weight excluding hydrogens is 592 g/mol. The molecule has 1 saturated carbocycles. The summed E-state index contributed by atoms with van der Waals surface area (Å²) < 4.78 is 29.9. The second-order valence-electron chi connectivity index (χ2n) is 13.4. The smallest absolute Gasteiger partial charge is 0.306 e. The number of unbranched alkanes of at least 4 members (excludes halogenated alkanes) is 6. The lowest BCUT2D eigenvalue weighted by Gasteiger charge is -2.62. The van der Waals surface area contributed by atoms with E-state index >= 15 is 0 Å². The summed E-state index contributed by atoms with van der Waals surface area (Å²) in [5.74, 6) is -3.29. The molecule has 1 N–H and O–H groups in total. The maximum atomic E-state index is 13.5. The van der Waals surface area contributed by atoms with Gasteiger partial charge < -0.3 is 24.1 Å². The summed E-state index contributed by atoms with van der Waals surface area (Å²) in [5, 5.41) is 11.2. The molecule has 10 heteroatoms. The molecule has 2 fully saturated rings. The molecule has 0 aromatic rings. The van der Waals surface area contributed by atoms with Gasteiger partial charge >= 0.3 is 23.9 Å². The van der Waals surface area contributed by atoms with Crippen molar-refractivity contribution in [2.24, 2.45) is 22.7 Å². The Morgan fingerprint density at radius 2 is 1.57 bits per heavy atom. The molecule has 0 radical (unpaired) electrons. The monoisotopic (exact) mass is 646 g/mol. The van der Waals surface area contributed by atoms with Crippen molar-refractivity contribution in [2.45, 2.75) is 144 Å². The topological polar surface area (TPSA) is 135 Å². The fraction of sp³-hybridized carbons (Fsp3) is 0.722. The Morgan fingerprint density at radius 1 is 0.957 bits per heavy atom. The lowest BCUT2D eigenvalue weighted by Crippen LogP contribution is -2.69. The third-order valence-electron chi connectivity index (χ3n) is 10.2. The minimum atomic E-state index is -1.45. The predicted molar refractivity (Wildman–Crippen MR) is 171 cm³/mol. The lowest BCUT2D eigenvalue weighted by molar-refractivity contribution is -0.279. The van der Waals surface area contributed by atoms with Crippen LogP contribution in [-0.2, 0) is 42.9 Å². The second-order valence-corrected chi connectivity index (χ2v) is 13.4. The maximum Gasteiger partial charge on any atom is 0.306 e. The van der Waals surface area contributed by atoms with Gasteiger partial charge in [-0.15, -0.1) is 0 Å². The van der Waals surface area contributed by atoms with E-state index in [1.807, 2.05) is 26.8 Å². The van der Waals surface area contributed by atoms with Crippen LogP contribution in [0.5, 0.6) is 0 Å². The van der Waals surface area contributed by atoms with Crippen LogP contribution in [0.4, 0.5) is 0 Å². The SMILES string of the molecule is C=C/C(C)=C\C[C@]1(C)[C@H](C)[C@@H](OC(=O)CCCCCCCCC)[C@H](OC(C)=O)C23C(=C[C@H](O)C[C@H]21)[C@@H](OC(C)=O)O[C@H]3OC(C)=O. The van der Waals surface area contributed by atoms with Crippen molar-refractivity contribution < 1.29 is 48.0 Å². The third kappa shape index (κ3) is 8.11. The molecule has 0 bridgehead atoms. The summed E-state index contributed by atoms with van der Waals surface area (Å²) in [4.78, 5) is 51.1. The number of aliphatic hydroxyl groups excluding tert-OH is 1. The van der Waals surface area contributed by atoms with Gasteiger partial charge in [-0.3, -0.25) is 23.9 Å². The zero-order chi connectivity index (χ0) is 34.2. The van der Waals surface area contributed by atoms with Crippen LogP contribution in [-0.4, -0.2) is 59.9 Å². The molecule has 0 aromatic heterocycles. The molecule has 258 valence electrons. The number of rotatable bonds is 15. The van der Waals surface area contributed by atoms with Crippen LogP contribution in [0.3, 0.4) is 0 Å². The van der Waals surface area contributed by atoms with Crippen molar-refractivity contribution in [3.05, 3.63) is 36.0 Å². The minimum Gasteiger partial charge on any atom is -0.458 e. The van der Waals surface area contributed by atoms with Crippen LogP contribution in [0.2, 0.25) is 0 Å². The summed E-state index contributed by atoms with van der Waals surface area (Å²) in [7, 11) is 0. The predicted octanol–water partition coefficient (Wildman–Crippen LogP) is 6.25. The first kappa shape index (κ1) is 37.5. The zero-order valence-corrected chi connectivity index (χ0v) is 28.7. The highest BCUT2D eigenvalue weighted by molar-refractivity contribution is 5.70. The minimum absolute atomic E-state index is 0.202. The molecule has 1 aliphatic heterocycles. The molecule has 3 aliphatic rings. The summed E-state index contributed by atoms with van der Waals surface area (Å²) in [6, 6.07) is 0. The van der Waals surface area contributed by atoms with Crippen molar-refractivity contribution >= 4 is 23.9 Å². The Morgan fingerprint density at radius 3 is 2.15 bits per heavy atom. The second kappa shape index (κ2) is 16.2. The van der Waals surface area contributed by atoms with E-state index in [1.54, 1.807) is 6.08 Å². The van der Waals surface area contributed by atoms with Crippen LogP contribution in [0, 0.1) is 22.7 Å². The summed E-state index contributed by atoms with van der Waals surface area (Å²) in [6.45, 7) is 15.7. The maximum absolute atomic E-state index is 13.5. The van der Waals surface area contributed by atoms with Crippen molar-refractivity contribution in [1.29, 1.82) is 0 Å². The number of aliphatic hydroxyl groups is 1. The first-order valence-corrected chi connectivity index (χ1v) is 16.8. The van der Waals surface area contributed by atoms with Crippen LogP contribution in [0.25, 0.3) is 0 Å². The number of esters is 4. The van der Waals surface area contributed by atoms with Gasteiger partial charge in [0.25, 0.3) is 0 Å². The molecule has 0 amide bonds. The molecule has 2 aliphatic carbocycles. The van der Waals surface area contributed by atoms with Crippen LogP contribution < -0.4 is 0 Å². The first-order chi connectivity index (χ1) is 21.7. The number of ether oxygens (including phenoxy) is 5. The van der Waals surface area contributed by atoms with E-state index in [2.05, 4.69) is 13.5 Å². The zero-order valence-electron chi connectivity index (χ0n) is 28.7. The van der Waals surface area contributed by atoms with Gasteiger partial charge in [-0.2, -0.15) is 0 Å². The van der Waals surface area contributed by atoms with Crippen molar-refractivity contribution in [3.63, 3.8) is 0 Å². The van der Waals surface area contributed by atoms with Gasteiger partial charge in [0.1, 0.15) is 11.5 Å². The molecule has 1 saturated heterocycles. The van der Waals surface area contributed by atoms with Crippen LogP contribution >= 0.6 is 0 Å². The van der Waals surface area contributed by atoms with Crippen molar-refractivity contribution in [2.75, 3.05) is 0 Å². The standard InChI is InChI=1S/C36H54O10/c1-9-11-12-13-14-15-16-17-30(41)45-31-23(4)35(8,19-18-22(3)10-2)29-21-27(40)20-28-33(43-25(6)38)46-34(44-26(7)39)36(28,29)32(31)42-24(5)37/h10,18,20,23,27,29,31-34,40H,2,9,11-17,19,21H2,1,3-8H3/b22-18-/t23-,27+,29+,31-,32+,33+,34-,35-,36?/m1/s1. The Hall–Kier alpha value is -2.98. The average Bonchev–Trinajstić information content (AvgIpc) is 3.26. The lowest BCUT2D eigenvalue weighted by atomic mass is 9.44. The molecule has 1 spiro atoms. The van der Waals surface area contributed by atoms with E-state index in [4.69, 9.17) is 23.7 Å². The number of carbonyl (C=O) groups excluding carboxylic acids is 4. The van der Waals surface area contributed by atoms with Gasteiger partial charge in [-0.1, -0.05) is 83.6 Å². The van der Waals surface area contributed by atoms with Crippen LogP contribution in [0.1, 0.15) is 113 Å². The number of allylic oxidation sites excluding steroid dienone is 3. The quantitative estimate of drug-likeness (QED) is 0.0715. The normalized spacial score (nSPS) is 33.6. The fourth-order valence-electron chi connectivity index (χ4n) is 7.73. The molecule has 9 atom stereocenters. The van der Waals surface area contributed by atoms with Gasteiger partial charge in [0.05, 0.1) is 6.10 Å². The molecule has 3 rings (SSSR count). The molecule has 46 heavy (non-hydrogen) atoms. The van der Waals surface area contributed by atoms with E-state index in [0.29, 0.717) is 18.4 Å². The molecule has 0 aromatic carbocycles. The van der Waals surface area contributed by atoms with Crippen molar-refractivity contribution in [1.82, 2.24) is 0 Å². The van der Waals surface area contributed by atoms with E-state index < -0.39 is 77.4 Å². The average molecular weight is 647 g/mol. The van der Waals surface area contributed by atoms with E-state index in [1.165, 1.54) is 46.1 Å². The van der Waals surface area contributed by atoms with Gasteiger partial charge in [0.2, 0.25) is 12.6 Å². The summed E-state index contributed by atoms with van der Waals surface area (Å²) in [6.07, 6.45) is 7.65. The van der Waals surface area contributed by atoms with Gasteiger partial charge in [0.15, 0.2) is 6.10 Å². The Kier molecular flexibility index (Phi) is 13.2. The van der Waals surface area contributed by atoms with E-state index in [-0.39, 0.29) is 12.8 Å². The van der Waals surface area contributed by atoms with Gasteiger partial charge in [-0.25, -0.2) is 0 Å². The Labute approximate surface area is 273 Å². The summed E-state index contributed by atoms with van der Waals surface area (Å²) in [5.41, 5.74) is -0.919. The number of hydrogen-bond donors (Lipinski definition) is 1. The van der Waals surface area contributed by atoms with Crippen LogP contribution in [0.15, 0.2) is 36.0 Å². The van der Waals surface area contributed by atoms with Gasteiger partial charge in [0, 0.05) is 38.7 Å². The highest BCUT2D eigenvalue weighted by Gasteiger charge is 2.75. The first-order valence-electron chi connectivity index (χ1n) is 16.8. The Balaban J connectivity index is 2.15. The largest absolute Gasteiger partial charge is 0.458 e. The molecule has 1 unspecified atom stereocenters. The molecule has 1 heterocycles. The third-order valence-corrected chi connectivity index (χ3v) is 10.2. The fourth-order valence-corrected chi connectivity index (χ4v) is 7.73. The highest BCUT2D eigenvalue weighted by atomic mass is 16.8. The summed E-state index contributed by atoms with van der Waals surface area (Å²) >= 11 is 0. The molecule has 10 nitrogen and oxygen atoms in total. The van der Waals surface area contributed by atoms with E-state index in [9.17, 15) is 24.3 Å². The van der Waals surface area contributed by atoms with Crippen molar-refractivity contribution in [3.8, 4) is 0 Å². The van der Waals surface area contributed by atoms with E-state index in [0.717, 1.165) is 24.8 Å².